The van der Waals surface area contributed by atoms with Crippen molar-refractivity contribution in [3.8, 4) is 0 Å². The monoisotopic (exact) mass is 266 g/mol. The third-order valence-corrected chi connectivity index (χ3v) is 2.67. The van der Waals surface area contributed by atoms with Crippen LogP contribution in [0.1, 0.15) is 13.3 Å². The molecule has 6 heteroatoms. The normalized spacial score (nSPS) is 13.4. The third-order valence-electron chi connectivity index (χ3n) is 2.67. The minimum atomic E-state index is -1.01. The molecule has 0 spiro atoms. The molecule has 0 aliphatic heterocycles. The lowest BCUT2D eigenvalue weighted by atomic mass is 9.88. The zero-order valence-electron chi connectivity index (χ0n) is 10.7. The summed E-state index contributed by atoms with van der Waals surface area (Å²) in [5.74, 6) is -1.01. The number of carboxylic acid groups (broad SMARTS) is 1. The van der Waals surface area contributed by atoms with Crippen molar-refractivity contribution in [2.24, 2.45) is 5.41 Å². The fourth-order valence-electron chi connectivity index (χ4n) is 1.53. The van der Waals surface area contributed by atoms with E-state index in [0.29, 0.717) is 5.69 Å². The zero-order chi connectivity index (χ0) is 14.3. The fraction of sp³-hybridized carbons (Fsp3) is 0.385. The number of urea groups is 1. The number of para-hydroxylation sites is 1. The first-order valence-electron chi connectivity index (χ1n) is 5.88. The Hall–Kier alpha value is -2.08. The number of aliphatic hydroxyl groups is 1. The number of benzene rings is 1. The van der Waals surface area contributed by atoms with Gasteiger partial charge in [0, 0.05) is 17.6 Å². The standard InChI is InChI=1S/C13H18N2O4/c1-13(9-16,7-11(17)18)8-14-12(19)15-10-5-3-2-4-6-10/h2-6,16H,7-9H2,1H3,(H,17,18)(H2,14,15,19). The minimum Gasteiger partial charge on any atom is -0.481 e. The van der Waals surface area contributed by atoms with Crippen LogP contribution in [0.5, 0.6) is 0 Å². The van der Waals surface area contributed by atoms with E-state index in [0.717, 1.165) is 0 Å². The molecule has 104 valence electrons. The Morgan fingerprint density at radius 1 is 1.26 bits per heavy atom. The predicted octanol–water partition coefficient (Wildman–Crippen LogP) is 1.28. The quantitative estimate of drug-likeness (QED) is 0.623. The van der Waals surface area contributed by atoms with E-state index in [1.165, 1.54) is 0 Å². The Bertz CT molecular complexity index is 436. The van der Waals surface area contributed by atoms with Crippen molar-refractivity contribution in [3.63, 3.8) is 0 Å². The second-order valence-electron chi connectivity index (χ2n) is 4.71. The third kappa shape index (κ3) is 5.39. The summed E-state index contributed by atoms with van der Waals surface area (Å²) in [6.45, 7) is 1.36. The van der Waals surface area contributed by atoms with Crippen LogP contribution in [0.2, 0.25) is 0 Å². The van der Waals surface area contributed by atoms with Crippen molar-refractivity contribution >= 4 is 17.7 Å². The van der Waals surface area contributed by atoms with E-state index < -0.39 is 17.4 Å². The van der Waals surface area contributed by atoms with Crippen LogP contribution in [-0.4, -0.2) is 35.4 Å². The van der Waals surface area contributed by atoms with Gasteiger partial charge in [-0.1, -0.05) is 25.1 Å². The summed E-state index contributed by atoms with van der Waals surface area (Å²) in [5.41, 5.74) is -0.233. The molecular formula is C13H18N2O4. The van der Waals surface area contributed by atoms with Crippen LogP contribution in [0.4, 0.5) is 10.5 Å². The molecule has 1 rings (SSSR count). The van der Waals surface area contributed by atoms with E-state index in [4.69, 9.17) is 5.11 Å². The summed E-state index contributed by atoms with van der Waals surface area (Å²) in [7, 11) is 0. The van der Waals surface area contributed by atoms with Gasteiger partial charge in [-0.2, -0.15) is 0 Å². The van der Waals surface area contributed by atoms with E-state index in [9.17, 15) is 14.7 Å². The Labute approximate surface area is 111 Å². The Morgan fingerprint density at radius 3 is 2.42 bits per heavy atom. The Morgan fingerprint density at radius 2 is 1.89 bits per heavy atom. The van der Waals surface area contributed by atoms with Gasteiger partial charge in [-0.15, -0.1) is 0 Å². The lowest BCUT2D eigenvalue weighted by Gasteiger charge is -2.25. The summed E-state index contributed by atoms with van der Waals surface area (Å²) in [5, 5.41) is 23.1. The highest BCUT2D eigenvalue weighted by Crippen LogP contribution is 2.19. The van der Waals surface area contributed by atoms with Gasteiger partial charge in [0.1, 0.15) is 0 Å². The molecule has 0 radical (unpaired) electrons. The van der Waals surface area contributed by atoms with Crippen molar-refractivity contribution in [3.05, 3.63) is 30.3 Å². The molecule has 19 heavy (non-hydrogen) atoms. The van der Waals surface area contributed by atoms with Crippen LogP contribution < -0.4 is 10.6 Å². The summed E-state index contributed by atoms with van der Waals surface area (Å²) < 4.78 is 0. The fourth-order valence-corrected chi connectivity index (χ4v) is 1.53. The number of aliphatic carboxylic acids is 1. The van der Waals surface area contributed by atoms with Crippen LogP contribution in [-0.2, 0) is 4.79 Å². The molecule has 0 aromatic heterocycles. The molecule has 0 fully saturated rings. The van der Waals surface area contributed by atoms with Crippen LogP contribution in [0.3, 0.4) is 0 Å². The first-order valence-corrected chi connectivity index (χ1v) is 5.88. The van der Waals surface area contributed by atoms with Gasteiger partial charge in [-0.3, -0.25) is 4.79 Å². The molecule has 0 bridgehead atoms. The van der Waals surface area contributed by atoms with Gasteiger partial charge in [0.25, 0.3) is 0 Å². The lowest BCUT2D eigenvalue weighted by molar-refractivity contribution is -0.140. The number of carboxylic acids is 1. The number of amides is 2. The largest absolute Gasteiger partial charge is 0.481 e. The molecule has 0 heterocycles. The highest BCUT2D eigenvalue weighted by Gasteiger charge is 2.27. The first kappa shape index (κ1) is 15.0. The number of aliphatic hydroxyl groups excluding tert-OH is 1. The molecule has 0 saturated carbocycles. The van der Waals surface area contributed by atoms with Crippen LogP contribution in [0.15, 0.2) is 30.3 Å². The average molecular weight is 266 g/mol. The van der Waals surface area contributed by atoms with Crippen LogP contribution >= 0.6 is 0 Å². The molecule has 1 unspecified atom stereocenters. The van der Waals surface area contributed by atoms with E-state index in [-0.39, 0.29) is 19.6 Å². The molecule has 1 aromatic rings. The number of hydrogen-bond acceptors (Lipinski definition) is 3. The maximum atomic E-state index is 11.6. The molecular weight excluding hydrogens is 248 g/mol. The van der Waals surface area contributed by atoms with Gasteiger partial charge in [-0.05, 0) is 12.1 Å². The summed E-state index contributed by atoms with van der Waals surface area (Å²) >= 11 is 0. The van der Waals surface area contributed by atoms with Crippen molar-refractivity contribution in [2.75, 3.05) is 18.5 Å². The number of nitrogens with one attached hydrogen (secondary N) is 2. The van der Waals surface area contributed by atoms with E-state index >= 15 is 0 Å². The molecule has 1 aromatic carbocycles. The SMILES string of the molecule is CC(CO)(CNC(=O)Nc1ccccc1)CC(=O)O. The predicted molar refractivity (Wildman–Crippen MR) is 70.9 cm³/mol. The maximum absolute atomic E-state index is 11.6. The first-order chi connectivity index (χ1) is 8.95. The summed E-state index contributed by atoms with van der Waals surface area (Å²) in [6, 6.07) is 8.45. The van der Waals surface area contributed by atoms with Crippen molar-refractivity contribution in [2.45, 2.75) is 13.3 Å². The Kier molecular flexibility index (Phi) is 5.32. The number of anilines is 1. The van der Waals surface area contributed by atoms with Gasteiger partial charge >= 0.3 is 12.0 Å². The molecule has 2 amide bonds. The highest BCUT2D eigenvalue weighted by atomic mass is 16.4. The van der Waals surface area contributed by atoms with Gasteiger partial charge in [0.05, 0.1) is 13.0 Å². The minimum absolute atomic E-state index is 0.0778. The Balaban J connectivity index is 2.46. The van der Waals surface area contributed by atoms with Crippen molar-refractivity contribution in [1.82, 2.24) is 5.32 Å². The molecule has 1 atom stereocenters. The smallest absolute Gasteiger partial charge is 0.319 e. The number of carbonyl (C=O) groups excluding carboxylic acids is 1. The van der Waals surface area contributed by atoms with Crippen molar-refractivity contribution < 1.29 is 19.8 Å². The van der Waals surface area contributed by atoms with E-state index in [2.05, 4.69) is 10.6 Å². The van der Waals surface area contributed by atoms with Gasteiger partial charge in [0.15, 0.2) is 0 Å². The lowest BCUT2D eigenvalue weighted by Crippen LogP contribution is -2.41. The number of hydrogen-bond donors (Lipinski definition) is 4. The van der Waals surface area contributed by atoms with Crippen LogP contribution in [0, 0.1) is 5.41 Å². The number of rotatable bonds is 6. The van der Waals surface area contributed by atoms with Gasteiger partial charge in [0.2, 0.25) is 0 Å². The van der Waals surface area contributed by atoms with Gasteiger partial charge in [-0.25, -0.2) is 4.79 Å². The maximum Gasteiger partial charge on any atom is 0.319 e. The second kappa shape index (κ2) is 6.75. The molecule has 0 aliphatic carbocycles. The average Bonchev–Trinajstić information content (AvgIpc) is 2.37. The zero-order valence-corrected chi connectivity index (χ0v) is 10.7. The number of carbonyl (C=O) groups is 2. The summed E-state index contributed by atoms with van der Waals surface area (Å²) in [4.78, 5) is 22.3. The second-order valence-corrected chi connectivity index (χ2v) is 4.71. The van der Waals surface area contributed by atoms with Crippen LogP contribution in [0.25, 0.3) is 0 Å². The molecule has 0 aliphatic rings. The molecule has 0 saturated heterocycles. The molecule has 4 N–H and O–H groups in total. The summed E-state index contributed by atoms with van der Waals surface area (Å²) in [6.07, 6.45) is -0.213. The van der Waals surface area contributed by atoms with Gasteiger partial charge < -0.3 is 20.8 Å². The molecule has 6 nitrogen and oxygen atoms in total. The highest BCUT2D eigenvalue weighted by molar-refractivity contribution is 5.89. The van der Waals surface area contributed by atoms with E-state index in [1.807, 2.05) is 6.07 Å². The van der Waals surface area contributed by atoms with Crippen molar-refractivity contribution in [1.29, 1.82) is 0 Å². The topological polar surface area (TPSA) is 98.7 Å². The van der Waals surface area contributed by atoms with E-state index in [1.54, 1.807) is 31.2 Å².